The summed E-state index contributed by atoms with van der Waals surface area (Å²) >= 11 is 0. The first-order chi connectivity index (χ1) is 13.1. The summed E-state index contributed by atoms with van der Waals surface area (Å²) in [4.78, 5) is 12.7. The van der Waals surface area contributed by atoms with Crippen molar-refractivity contribution in [3.63, 3.8) is 0 Å². The number of fused-ring (bicyclic) bond motifs is 1. The quantitative estimate of drug-likeness (QED) is 0.744. The van der Waals surface area contributed by atoms with Gasteiger partial charge in [0.25, 0.3) is 0 Å². The molecule has 1 atom stereocenters. The third-order valence-corrected chi connectivity index (χ3v) is 4.85. The third kappa shape index (κ3) is 3.59. The highest BCUT2D eigenvalue weighted by atomic mass is 19.1. The topological polar surface area (TPSA) is 85.8 Å². The highest BCUT2D eigenvalue weighted by molar-refractivity contribution is 5.92. The Kier molecular flexibility index (Phi) is 4.68. The maximum Gasteiger partial charge on any atom is 0.229 e. The Hall–Kier alpha value is -3.06. The molecule has 1 aliphatic heterocycles. The number of nitrogens with two attached hydrogens (primary N) is 1. The van der Waals surface area contributed by atoms with Gasteiger partial charge in [0.05, 0.1) is 5.92 Å². The second-order valence-electron chi connectivity index (χ2n) is 6.69. The second kappa shape index (κ2) is 7.28. The highest BCUT2D eigenvalue weighted by Gasteiger charge is 2.28. The number of carbonyl (C=O) groups excluding carboxylic acids is 1. The number of nitrogens with zero attached hydrogens (tertiary/aromatic N) is 3. The van der Waals surface area contributed by atoms with E-state index in [1.807, 2.05) is 28.8 Å². The molecule has 1 aromatic heterocycles. The van der Waals surface area contributed by atoms with Crippen LogP contribution in [0.25, 0.3) is 11.4 Å². The van der Waals surface area contributed by atoms with Crippen molar-refractivity contribution < 1.29 is 9.18 Å². The van der Waals surface area contributed by atoms with E-state index in [-0.39, 0.29) is 17.6 Å². The van der Waals surface area contributed by atoms with Gasteiger partial charge in [0, 0.05) is 30.8 Å². The Balaban J connectivity index is 1.53. The zero-order valence-corrected chi connectivity index (χ0v) is 14.7. The molecule has 4 rings (SSSR count). The van der Waals surface area contributed by atoms with E-state index in [1.54, 1.807) is 12.1 Å². The van der Waals surface area contributed by atoms with E-state index in [4.69, 9.17) is 5.73 Å². The molecule has 0 saturated carbocycles. The minimum atomic E-state index is -0.297. The first kappa shape index (κ1) is 17.4. The van der Waals surface area contributed by atoms with E-state index < -0.39 is 0 Å². The lowest BCUT2D eigenvalue weighted by Gasteiger charge is -2.23. The fourth-order valence-corrected chi connectivity index (χ4v) is 3.37. The lowest BCUT2D eigenvalue weighted by Crippen LogP contribution is -2.31. The van der Waals surface area contributed by atoms with Crippen LogP contribution in [-0.4, -0.2) is 20.7 Å². The largest absolute Gasteiger partial charge is 0.326 e. The number of rotatable bonds is 4. The van der Waals surface area contributed by atoms with E-state index in [1.165, 1.54) is 12.1 Å². The maximum atomic E-state index is 13.2. The molecule has 3 aromatic rings. The summed E-state index contributed by atoms with van der Waals surface area (Å²) in [7, 11) is 0. The van der Waals surface area contributed by atoms with Crippen molar-refractivity contribution in [1.82, 2.24) is 14.8 Å². The average Bonchev–Trinajstić information content (AvgIpc) is 3.12. The molecule has 3 N–H and O–H groups in total. The van der Waals surface area contributed by atoms with Gasteiger partial charge in [0.2, 0.25) is 5.91 Å². The number of nitrogens with one attached hydrogen (secondary N) is 1. The molecule has 27 heavy (non-hydrogen) atoms. The van der Waals surface area contributed by atoms with Crippen LogP contribution in [0.3, 0.4) is 0 Å². The van der Waals surface area contributed by atoms with Gasteiger partial charge in [-0.2, -0.15) is 0 Å². The van der Waals surface area contributed by atoms with Crippen LogP contribution in [0.15, 0.2) is 48.5 Å². The molecule has 1 aliphatic rings. The summed E-state index contributed by atoms with van der Waals surface area (Å²) in [5.74, 6) is 0.994. The molecule has 138 valence electrons. The third-order valence-electron chi connectivity index (χ3n) is 4.85. The van der Waals surface area contributed by atoms with Gasteiger partial charge in [0.15, 0.2) is 5.82 Å². The average molecular weight is 365 g/mol. The summed E-state index contributed by atoms with van der Waals surface area (Å²) in [5, 5.41) is 11.5. The van der Waals surface area contributed by atoms with E-state index in [2.05, 4.69) is 15.5 Å². The number of halogens is 1. The van der Waals surface area contributed by atoms with Gasteiger partial charge in [-0.15, -0.1) is 10.2 Å². The highest BCUT2D eigenvalue weighted by Crippen LogP contribution is 2.26. The van der Waals surface area contributed by atoms with Gasteiger partial charge in [-0.25, -0.2) is 4.39 Å². The number of anilines is 1. The lowest BCUT2D eigenvalue weighted by atomic mass is 9.98. The van der Waals surface area contributed by atoms with Crippen molar-refractivity contribution in [2.45, 2.75) is 25.9 Å². The number of hydrogen-bond acceptors (Lipinski definition) is 4. The van der Waals surface area contributed by atoms with Crippen molar-refractivity contribution in [2.24, 2.45) is 11.7 Å². The van der Waals surface area contributed by atoms with Crippen LogP contribution in [0, 0.1) is 11.7 Å². The first-order valence-corrected chi connectivity index (χ1v) is 8.92. The predicted octanol–water partition coefficient (Wildman–Crippen LogP) is 2.74. The minimum Gasteiger partial charge on any atom is -0.326 e. The monoisotopic (exact) mass is 365 g/mol. The van der Waals surface area contributed by atoms with Crippen LogP contribution in [0.2, 0.25) is 0 Å². The minimum absolute atomic E-state index is 0.0337. The molecule has 0 radical (unpaired) electrons. The van der Waals surface area contributed by atoms with Crippen LogP contribution in [0.5, 0.6) is 0 Å². The van der Waals surface area contributed by atoms with Crippen molar-refractivity contribution in [3.05, 3.63) is 65.7 Å². The molecule has 6 nitrogen and oxygen atoms in total. The molecule has 0 fully saturated rings. The molecule has 0 saturated heterocycles. The summed E-state index contributed by atoms with van der Waals surface area (Å²) in [5.41, 5.74) is 8.16. The van der Waals surface area contributed by atoms with Gasteiger partial charge < -0.3 is 15.6 Å². The normalized spacial score (nSPS) is 16.0. The SMILES string of the molecule is NCc1cccc(NC(=O)[C@H]2CCc3nnc(-c4ccc(F)cc4)n3C2)c1. The molecule has 2 aromatic carbocycles. The molecule has 0 unspecified atom stereocenters. The summed E-state index contributed by atoms with van der Waals surface area (Å²) < 4.78 is 15.1. The van der Waals surface area contributed by atoms with Crippen LogP contribution in [0.4, 0.5) is 10.1 Å². The fraction of sp³-hybridized carbons (Fsp3) is 0.250. The number of hydrogen-bond donors (Lipinski definition) is 2. The maximum absolute atomic E-state index is 13.2. The Morgan fingerprint density at radius 1 is 1.22 bits per heavy atom. The van der Waals surface area contributed by atoms with Gasteiger partial charge in [-0.05, 0) is 48.4 Å². The first-order valence-electron chi connectivity index (χ1n) is 8.92. The standard InChI is InChI=1S/C20H20FN5O/c21-16-7-4-14(5-8-16)19-25-24-18-9-6-15(12-26(18)19)20(27)23-17-3-1-2-13(10-17)11-22/h1-5,7-8,10,15H,6,9,11-12,22H2,(H,23,27)/t15-/m0/s1. The predicted molar refractivity (Wildman–Crippen MR) is 100 cm³/mol. The van der Waals surface area contributed by atoms with Gasteiger partial charge >= 0.3 is 0 Å². The molecule has 0 spiro atoms. The van der Waals surface area contributed by atoms with Crippen LogP contribution >= 0.6 is 0 Å². The molecule has 0 bridgehead atoms. The van der Waals surface area contributed by atoms with Crippen LogP contribution in [0.1, 0.15) is 17.8 Å². The van der Waals surface area contributed by atoms with E-state index in [0.717, 1.165) is 22.6 Å². The summed E-state index contributed by atoms with van der Waals surface area (Å²) in [6.07, 6.45) is 1.39. The summed E-state index contributed by atoms with van der Waals surface area (Å²) in [6.45, 7) is 0.926. The molecular weight excluding hydrogens is 345 g/mol. The Morgan fingerprint density at radius 2 is 2.04 bits per heavy atom. The number of amides is 1. The van der Waals surface area contributed by atoms with Crippen molar-refractivity contribution in [1.29, 1.82) is 0 Å². The molecule has 2 heterocycles. The number of aromatic nitrogens is 3. The summed E-state index contributed by atoms with van der Waals surface area (Å²) in [6, 6.07) is 13.7. The number of benzene rings is 2. The molecule has 1 amide bonds. The van der Waals surface area contributed by atoms with Crippen molar-refractivity contribution in [3.8, 4) is 11.4 Å². The van der Waals surface area contributed by atoms with Crippen molar-refractivity contribution >= 4 is 11.6 Å². The fourth-order valence-electron chi connectivity index (χ4n) is 3.37. The number of carbonyl (C=O) groups is 1. The Morgan fingerprint density at radius 3 is 2.81 bits per heavy atom. The number of aryl methyl sites for hydroxylation is 1. The molecular formula is C20H20FN5O. The van der Waals surface area contributed by atoms with E-state index in [0.29, 0.717) is 31.8 Å². The van der Waals surface area contributed by atoms with E-state index >= 15 is 0 Å². The van der Waals surface area contributed by atoms with Crippen LogP contribution in [-0.2, 0) is 24.3 Å². The molecule has 0 aliphatic carbocycles. The molecule has 7 heteroatoms. The zero-order chi connectivity index (χ0) is 18.8. The van der Waals surface area contributed by atoms with Crippen LogP contribution < -0.4 is 11.1 Å². The van der Waals surface area contributed by atoms with Crippen molar-refractivity contribution in [2.75, 3.05) is 5.32 Å². The van der Waals surface area contributed by atoms with Gasteiger partial charge in [0.1, 0.15) is 11.6 Å². The smallest absolute Gasteiger partial charge is 0.229 e. The van der Waals surface area contributed by atoms with Gasteiger partial charge in [-0.1, -0.05) is 12.1 Å². The second-order valence-corrected chi connectivity index (χ2v) is 6.69. The Labute approximate surface area is 156 Å². The Bertz CT molecular complexity index is 967. The van der Waals surface area contributed by atoms with Gasteiger partial charge in [-0.3, -0.25) is 4.79 Å². The van der Waals surface area contributed by atoms with E-state index in [9.17, 15) is 9.18 Å². The zero-order valence-electron chi connectivity index (χ0n) is 14.7. The lowest BCUT2D eigenvalue weighted by molar-refractivity contribution is -0.120.